The van der Waals surface area contributed by atoms with E-state index in [1.165, 1.54) is 0 Å². The van der Waals surface area contributed by atoms with E-state index in [9.17, 15) is 0 Å². The van der Waals surface area contributed by atoms with Crippen molar-refractivity contribution in [3.63, 3.8) is 0 Å². The Morgan fingerprint density at radius 1 is 0.615 bits per heavy atom. The molecular weight excluding hydrogens is 163 g/mol. The monoisotopic (exact) mass is 186 g/mol. The average molecular weight is 186 g/mol. The number of rotatable bonds is 3. The smallest absolute Gasteiger partial charge is 0.676 e. The average Bonchev–Trinajstić information content (AvgIpc) is 2.18. The molecular formula is C6H23LiN6. The fourth-order valence-electron chi connectivity index (χ4n) is 0. The van der Waals surface area contributed by atoms with Gasteiger partial charge in [-0.15, -0.1) is 6.54 Å². The molecule has 6 nitrogen and oxygen atoms in total. The van der Waals surface area contributed by atoms with Gasteiger partial charge in [-0.25, -0.2) is 0 Å². The summed E-state index contributed by atoms with van der Waals surface area (Å²) in [7, 11) is 0. The SMILES string of the molecule is NCCN.NCCN.[Li+].[NH-]CCN. The first-order chi connectivity index (χ1) is 5.74. The molecule has 0 bridgehead atoms. The first-order valence-electron chi connectivity index (χ1n) is 3.89. The quantitative estimate of drug-likeness (QED) is 0.279. The summed E-state index contributed by atoms with van der Waals surface area (Å²) < 4.78 is 0. The second kappa shape index (κ2) is 39.4. The Morgan fingerprint density at radius 2 is 0.769 bits per heavy atom. The van der Waals surface area contributed by atoms with Gasteiger partial charge in [-0.1, -0.05) is 0 Å². The molecule has 7 heteroatoms. The zero-order valence-electron chi connectivity index (χ0n) is 8.63. The summed E-state index contributed by atoms with van der Waals surface area (Å²) in [5.41, 5.74) is 30.8. The van der Waals surface area contributed by atoms with Crippen LogP contribution in [-0.2, 0) is 0 Å². The summed E-state index contributed by atoms with van der Waals surface area (Å²) in [5, 5.41) is 0. The molecule has 0 radical (unpaired) electrons. The molecule has 0 aromatic rings. The third-order valence-electron chi connectivity index (χ3n) is 0.478. The van der Waals surface area contributed by atoms with E-state index in [-0.39, 0.29) is 18.9 Å². The van der Waals surface area contributed by atoms with Gasteiger partial charge in [0.2, 0.25) is 0 Å². The fraction of sp³-hybridized carbons (Fsp3) is 1.00. The molecule has 0 atom stereocenters. The Labute approximate surface area is 92.9 Å². The molecule has 0 amide bonds. The second-order valence-electron chi connectivity index (χ2n) is 1.69. The molecule has 0 aliphatic heterocycles. The van der Waals surface area contributed by atoms with Crippen LogP contribution in [0.1, 0.15) is 0 Å². The Hall–Kier alpha value is 0.357. The van der Waals surface area contributed by atoms with Crippen LogP contribution in [0.4, 0.5) is 0 Å². The maximum Gasteiger partial charge on any atom is 1.00 e. The van der Waals surface area contributed by atoms with Crippen LogP contribution in [0.3, 0.4) is 0 Å². The van der Waals surface area contributed by atoms with Crippen LogP contribution >= 0.6 is 0 Å². The van der Waals surface area contributed by atoms with E-state index in [1.807, 2.05) is 0 Å². The number of hydrogen-bond acceptors (Lipinski definition) is 5. The Balaban J connectivity index is -0.0000000450. The Morgan fingerprint density at radius 3 is 0.769 bits per heavy atom. The molecule has 0 unspecified atom stereocenters. The van der Waals surface area contributed by atoms with Gasteiger partial charge < -0.3 is 34.4 Å². The first-order valence-corrected chi connectivity index (χ1v) is 3.89. The van der Waals surface area contributed by atoms with E-state index >= 15 is 0 Å². The molecule has 78 valence electrons. The number of hydrogen-bond donors (Lipinski definition) is 5. The van der Waals surface area contributed by atoms with Crippen molar-refractivity contribution in [2.75, 3.05) is 39.3 Å². The van der Waals surface area contributed by atoms with Crippen molar-refractivity contribution in [2.45, 2.75) is 0 Å². The van der Waals surface area contributed by atoms with Crippen molar-refractivity contribution >= 4 is 0 Å². The number of nitrogens with one attached hydrogen (secondary N) is 1. The molecule has 0 aromatic carbocycles. The minimum absolute atomic E-state index is 0. The van der Waals surface area contributed by atoms with E-state index in [0.29, 0.717) is 39.3 Å². The summed E-state index contributed by atoms with van der Waals surface area (Å²) in [6.45, 7) is 3.22. The maximum atomic E-state index is 6.33. The van der Waals surface area contributed by atoms with Crippen molar-refractivity contribution < 1.29 is 18.9 Å². The van der Waals surface area contributed by atoms with Crippen molar-refractivity contribution in [1.29, 1.82) is 0 Å². The molecule has 0 heterocycles. The topological polar surface area (TPSA) is 154 Å². The minimum Gasteiger partial charge on any atom is -0.676 e. The van der Waals surface area contributed by atoms with Gasteiger partial charge in [-0.3, -0.25) is 0 Å². The Kier molecular flexibility index (Phi) is 70.7. The van der Waals surface area contributed by atoms with Crippen molar-refractivity contribution in [3.8, 4) is 0 Å². The molecule has 0 saturated carbocycles. The van der Waals surface area contributed by atoms with Gasteiger partial charge >= 0.3 is 18.9 Å². The minimum atomic E-state index is 0. The molecule has 0 saturated heterocycles. The van der Waals surface area contributed by atoms with E-state index in [4.69, 9.17) is 34.4 Å². The van der Waals surface area contributed by atoms with E-state index in [2.05, 4.69) is 0 Å². The molecule has 13 heavy (non-hydrogen) atoms. The molecule has 0 aliphatic rings. The molecule has 0 aliphatic carbocycles. The van der Waals surface area contributed by atoms with E-state index in [1.54, 1.807) is 0 Å². The van der Waals surface area contributed by atoms with Crippen LogP contribution in [0.25, 0.3) is 5.73 Å². The van der Waals surface area contributed by atoms with Crippen LogP contribution in [0.15, 0.2) is 0 Å². The number of nitrogens with two attached hydrogens (primary N) is 5. The molecule has 0 fully saturated rings. The third kappa shape index (κ3) is 118. The van der Waals surface area contributed by atoms with Gasteiger partial charge in [0.05, 0.1) is 0 Å². The second-order valence-corrected chi connectivity index (χ2v) is 1.69. The van der Waals surface area contributed by atoms with Gasteiger partial charge in [0.15, 0.2) is 0 Å². The van der Waals surface area contributed by atoms with Crippen molar-refractivity contribution in [2.24, 2.45) is 28.7 Å². The summed E-state index contributed by atoms with van der Waals surface area (Å²) in [5.74, 6) is 0. The predicted octanol–water partition coefficient (Wildman–Crippen LogP) is -5.19. The van der Waals surface area contributed by atoms with E-state index in [0.717, 1.165) is 0 Å². The molecule has 0 rings (SSSR count). The van der Waals surface area contributed by atoms with Gasteiger partial charge in [-0.2, -0.15) is 0 Å². The van der Waals surface area contributed by atoms with Crippen LogP contribution in [0.5, 0.6) is 0 Å². The summed E-state index contributed by atoms with van der Waals surface area (Å²) in [6.07, 6.45) is 0. The van der Waals surface area contributed by atoms with Gasteiger partial charge in [-0.05, 0) is 6.54 Å². The van der Waals surface area contributed by atoms with E-state index < -0.39 is 0 Å². The maximum absolute atomic E-state index is 6.33. The van der Waals surface area contributed by atoms with Crippen LogP contribution < -0.4 is 47.5 Å². The summed E-state index contributed by atoms with van der Waals surface area (Å²) in [6, 6.07) is 0. The Bertz CT molecular complexity index is 32.6. The van der Waals surface area contributed by atoms with Crippen LogP contribution in [0, 0.1) is 0 Å². The largest absolute Gasteiger partial charge is 1.00 e. The molecule has 0 aromatic heterocycles. The van der Waals surface area contributed by atoms with Crippen molar-refractivity contribution in [1.82, 2.24) is 0 Å². The normalized spacial score (nSPS) is 6.92. The fourth-order valence-corrected chi connectivity index (χ4v) is 0. The zero-order chi connectivity index (χ0) is 10.2. The standard InChI is InChI=1S/2C2H8N2.C2H7N2.Li/c3*3-1-2-4;/h2*1-4H2;3H,1-2,4H2;/q;;-1;+1. The molecule has 0 spiro atoms. The van der Waals surface area contributed by atoms with Gasteiger partial charge in [0.1, 0.15) is 0 Å². The van der Waals surface area contributed by atoms with Gasteiger partial charge in [0, 0.05) is 26.2 Å². The zero-order valence-corrected chi connectivity index (χ0v) is 8.63. The first kappa shape index (κ1) is 23.3. The summed E-state index contributed by atoms with van der Waals surface area (Å²) >= 11 is 0. The third-order valence-corrected chi connectivity index (χ3v) is 0.478. The van der Waals surface area contributed by atoms with Crippen LogP contribution in [-0.4, -0.2) is 39.3 Å². The predicted molar refractivity (Wildman–Crippen MR) is 54.5 cm³/mol. The summed E-state index contributed by atoms with van der Waals surface area (Å²) in [4.78, 5) is 0. The van der Waals surface area contributed by atoms with Crippen LogP contribution in [0.2, 0.25) is 0 Å². The molecule has 11 N–H and O–H groups in total. The van der Waals surface area contributed by atoms with Gasteiger partial charge in [0.25, 0.3) is 0 Å². The van der Waals surface area contributed by atoms with Crippen molar-refractivity contribution in [3.05, 3.63) is 5.73 Å².